The molecule has 0 N–H and O–H groups in total. The van der Waals surface area contributed by atoms with Gasteiger partial charge in [-0.25, -0.2) is 4.98 Å². The Morgan fingerprint density at radius 2 is 2.03 bits per heavy atom. The van der Waals surface area contributed by atoms with Gasteiger partial charge in [-0.05, 0) is 53.2 Å². The van der Waals surface area contributed by atoms with Crippen LogP contribution in [0.25, 0.3) is 10.9 Å². The van der Waals surface area contributed by atoms with Crippen LogP contribution in [0, 0.1) is 6.92 Å². The molecule has 8 nitrogen and oxygen atoms in total. The molecule has 1 aromatic heterocycles. The normalized spacial score (nSPS) is 14.2. The first-order valence-electron chi connectivity index (χ1n) is 10.0. The van der Waals surface area contributed by atoms with E-state index in [9.17, 15) is 9.59 Å². The molecule has 1 amide bonds. The maximum Gasteiger partial charge on any atom is 0.282 e. The van der Waals surface area contributed by atoms with Gasteiger partial charge < -0.3 is 14.4 Å². The van der Waals surface area contributed by atoms with Gasteiger partial charge in [0, 0.05) is 28.1 Å². The Kier molecular flexibility index (Phi) is 7.48. The lowest BCUT2D eigenvalue weighted by atomic mass is 10.2. The largest absolute Gasteiger partial charge is 0.482 e. The summed E-state index contributed by atoms with van der Waals surface area (Å²) >= 11 is 13.0. The van der Waals surface area contributed by atoms with Crippen molar-refractivity contribution >= 4 is 66.5 Å². The Morgan fingerprint density at radius 3 is 2.79 bits per heavy atom. The van der Waals surface area contributed by atoms with Crippen LogP contribution in [0.2, 0.25) is 5.02 Å². The standard InChI is InChI=1S/C22H19Br2ClN4O4/c1-13-27-19-3-2-15(23)9-17(19)22(31)29(13)26-11-14-8-16(25)10-18(24)21(14)33-12-20(30)28-4-6-32-7-5-28/h2-3,8-11H,4-7,12H2,1H3. The molecule has 2 heterocycles. The maximum atomic E-state index is 13.0. The first-order valence-corrected chi connectivity index (χ1v) is 12.0. The number of aryl methyl sites for hydroxylation is 1. The molecule has 33 heavy (non-hydrogen) atoms. The maximum absolute atomic E-state index is 13.0. The summed E-state index contributed by atoms with van der Waals surface area (Å²) < 4.78 is 13.7. The summed E-state index contributed by atoms with van der Waals surface area (Å²) in [5.74, 6) is 0.684. The molecule has 0 aliphatic carbocycles. The number of carbonyl (C=O) groups excluding carboxylic acids is 1. The Hall–Kier alpha value is -2.27. The molecule has 0 radical (unpaired) electrons. The molecular formula is C22H19Br2ClN4O4. The van der Waals surface area contributed by atoms with Crippen LogP contribution in [-0.4, -0.2) is 59.6 Å². The highest BCUT2D eigenvalue weighted by atomic mass is 79.9. The van der Waals surface area contributed by atoms with E-state index in [1.165, 1.54) is 10.9 Å². The van der Waals surface area contributed by atoms with Gasteiger partial charge in [-0.15, -0.1) is 0 Å². The lowest BCUT2D eigenvalue weighted by Crippen LogP contribution is -2.43. The first-order chi connectivity index (χ1) is 15.8. The van der Waals surface area contributed by atoms with Gasteiger partial charge in [-0.3, -0.25) is 9.59 Å². The summed E-state index contributed by atoms with van der Waals surface area (Å²) in [6.45, 7) is 3.65. The summed E-state index contributed by atoms with van der Waals surface area (Å²) in [5, 5.41) is 5.23. The minimum absolute atomic E-state index is 0.139. The third-order valence-corrected chi connectivity index (χ3v) is 6.32. The molecule has 1 fully saturated rings. The molecule has 0 unspecified atom stereocenters. The number of rotatable bonds is 5. The van der Waals surface area contributed by atoms with Crippen molar-refractivity contribution in [2.24, 2.45) is 5.10 Å². The van der Waals surface area contributed by atoms with Crippen molar-refractivity contribution in [3.8, 4) is 5.75 Å². The fraction of sp³-hybridized carbons (Fsp3) is 0.273. The van der Waals surface area contributed by atoms with Crippen molar-refractivity contribution in [2.75, 3.05) is 32.9 Å². The monoisotopic (exact) mass is 596 g/mol. The quantitative estimate of drug-likeness (QED) is 0.415. The van der Waals surface area contributed by atoms with E-state index in [0.717, 1.165) is 4.47 Å². The lowest BCUT2D eigenvalue weighted by Gasteiger charge is -2.26. The van der Waals surface area contributed by atoms with Gasteiger partial charge in [0.05, 0.1) is 34.8 Å². The van der Waals surface area contributed by atoms with Crippen molar-refractivity contribution in [1.82, 2.24) is 14.6 Å². The van der Waals surface area contributed by atoms with E-state index in [1.54, 1.807) is 36.1 Å². The second kappa shape index (κ2) is 10.3. The smallest absolute Gasteiger partial charge is 0.282 e. The molecule has 1 aliphatic rings. The summed E-state index contributed by atoms with van der Waals surface area (Å²) in [6.07, 6.45) is 1.46. The third kappa shape index (κ3) is 5.46. The minimum atomic E-state index is -0.305. The number of carbonyl (C=O) groups is 1. The van der Waals surface area contributed by atoms with Crippen LogP contribution in [0.3, 0.4) is 0 Å². The average Bonchev–Trinajstić information content (AvgIpc) is 2.79. The Labute approximate surface area is 211 Å². The summed E-state index contributed by atoms with van der Waals surface area (Å²) in [6, 6.07) is 8.62. The molecule has 172 valence electrons. The predicted molar refractivity (Wildman–Crippen MR) is 133 cm³/mol. The second-order valence-electron chi connectivity index (χ2n) is 7.27. The molecular weight excluding hydrogens is 580 g/mol. The zero-order valence-corrected chi connectivity index (χ0v) is 21.5. The molecule has 4 rings (SSSR count). The molecule has 0 bridgehead atoms. The van der Waals surface area contributed by atoms with Gasteiger partial charge in [0.2, 0.25) is 0 Å². The van der Waals surface area contributed by atoms with Crippen molar-refractivity contribution < 1.29 is 14.3 Å². The number of halogens is 3. The van der Waals surface area contributed by atoms with E-state index in [1.807, 2.05) is 6.07 Å². The highest BCUT2D eigenvalue weighted by Gasteiger charge is 2.19. The first kappa shape index (κ1) is 23.9. The van der Waals surface area contributed by atoms with Crippen molar-refractivity contribution in [3.63, 3.8) is 0 Å². The summed E-state index contributed by atoms with van der Waals surface area (Å²) in [5.41, 5.74) is 0.786. The van der Waals surface area contributed by atoms with E-state index >= 15 is 0 Å². The number of hydrogen-bond acceptors (Lipinski definition) is 6. The van der Waals surface area contributed by atoms with Gasteiger partial charge in [0.25, 0.3) is 11.5 Å². The van der Waals surface area contributed by atoms with Gasteiger partial charge >= 0.3 is 0 Å². The number of morpholine rings is 1. The summed E-state index contributed by atoms with van der Waals surface area (Å²) in [7, 11) is 0. The lowest BCUT2D eigenvalue weighted by molar-refractivity contribution is -0.137. The number of nitrogens with zero attached hydrogens (tertiary/aromatic N) is 4. The van der Waals surface area contributed by atoms with Crippen LogP contribution in [0.5, 0.6) is 5.75 Å². The number of amides is 1. The topological polar surface area (TPSA) is 86.0 Å². The van der Waals surface area contributed by atoms with Gasteiger partial charge in [-0.1, -0.05) is 27.5 Å². The fourth-order valence-corrected chi connectivity index (χ4v) is 4.69. The van der Waals surface area contributed by atoms with Gasteiger partial charge in [0.15, 0.2) is 6.61 Å². The predicted octanol–water partition coefficient (Wildman–Crippen LogP) is 4.00. The van der Waals surface area contributed by atoms with E-state index in [2.05, 4.69) is 41.9 Å². The minimum Gasteiger partial charge on any atom is -0.482 e. The molecule has 0 spiro atoms. The Balaban J connectivity index is 1.64. The fourth-order valence-electron chi connectivity index (χ4n) is 3.38. The highest BCUT2D eigenvalue weighted by molar-refractivity contribution is 9.10. The SMILES string of the molecule is Cc1nc2ccc(Br)cc2c(=O)n1N=Cc1cc(Cl)cc(Br)c1OCC(=O)N1CCOCC1. The van der Waals surface area contributed by atoms with Gasteiger partial charge in [-0.2, -0.15) is 9.78 Å². The van der Waals surface area contributed by atoms with E-state index < -0.39 is 0 Å². The molecule has 1 aliphatic heterocycles. The number of ether oxygens (including phenoxy) is 2. The van der Waals surface area contributed by atoms with Crippen LogP contribution in [0.4, 0.5) is 0 Å². The van der Waals surface area contributed by atoms with Gasteiger partial charge in [0.1, 0.15) is 11.6 Å². The highest BCUT2D eigenvalue weighted by Crippen LogP contribution is 2.32. The van der Waals surface area contributed by atoms with Crippen molar-refractivity contribution in [1.29, 1.82) is 0 Å². The van der Waals surface area contributed by atoms with E-state index in [4.69, 9.17) is 21.1 Å². The van der Waals surface area contributed by atoms with Crippen LogP contribution >= 0.6 is 43.5 Å². The second-order valence-corrected chi connectivity index (χ2v) is 9.48. The zero-order valence-electron chi connectivity index (χ0n) is 17.6. The number of benzene rings is 2. The molecule has 11 heteroatoms. The Morgan fingerprint density at radius 1 is 1.27 bits per heavy atom. The van der Waals surface area contributed by atoms with E-state index in [0.29, 0.717) is 63.8 Å². The van der Waals surface area contributed by atoms with Crippen LogP contribution in [-0.2, 0) is 9.53 Å². The van der Waals surface area contributed by atoms with Crippen molar-refractivity contribution in [3.05, 3.63) is 66.0 Å². The number of fused-ring (bicyclic) bond motifs is 1. The van der Waals surface area contributed by atoms with Crippen LogP contribution in [0.15, 0.2) is 49.2 Å². The molecule has 2 aromatic carbocycles. The third-order valence-electron chi connectivity index (χ3n) is 5.02. The Bertz CT molecular complexity index is 1310. The van der Waals surface area contributed by atoms with E-state index in [-0.39, 0.29) is 18.1 Å². The average molecular weight is 599 g/mol. The molecule has 0 saturated carbocycles. The van der Waals surface area contributed by atoms with Crippen LogP contribution in [0.1, 0.15) is 11.4 Å². The number of hydrogen-bond donors (Lipinski definition) is 0. The van der Waals surface area contributed by atoms with Crippen LogP contribution < -0.4 is 10.3 Å². The zero-order chi connectivity index (χ0) is 23.5. The van der Waals surface area contributed by atoms with Crippen molar-refractivity contribution in [2.45, 2.75) is 6.92 Å². The summed E-state index contributed by atoms with van der Waals surface area (Å²) in [4.78, 5) is 31.6. The molecule has 3 aromatic rings. The molecule has 1 saturated heterocycles. The molecule has 0 atom stereocenters. The number of aromatic nitrogens is 2.